The van der Waals surface area contributed by atoms with Gasteiger partial charge in [0.15, 0.2) is 34.6 Å². The number of methoxy groups -OCH3 is 6. The molecule has 0 heterocycles. The van der Waals surface area contributed by atoms with E-state index in [1.807, 2.05) is 0 Å². The minimum absolute atomic E-state index is 0. The van der Waals surface area contributed by atoms with Crippen LogP contribution in [0.1, 0.15) is 43.0 Å². The van der Waals surface area contributed by atoms with E-state index in [2.05, 4.69) is 12.1 Å². The standard InChI is InChI=1S/2C19H19O5.2Y/c1-12-11-13(5-8-15(12)20)6-9-16(21)14-7-10-17(22-2)19(24-4)18(14)23-3;1-12-9-13(5-7-15(12)20)6-8-16(21)14-10-17(22-2)19(24-4)18(11-14)23-3;;/h5-7,9-11,20H,1-4H3;5-6,8-11,20H,1-4H3;;/q2*-1;;/b9-6+;8-6+;;. The second-order valence-corrected chi connectivity index (χ2v) is 10.1. The quantitative estimate of drug-likeness (QED) is 0.0890. The van der Waals surface area contributed by atoms with Crippen molar-refractivity contribution < 1.29 is 114 Å². The molecule has 2 N–H and O–H groups in total. The fraction of sp³-hybridized carbons (Fsp3) is 0.211. The summed E-state index contributed by atoms with van der Waals surface area (Å²) in [5.41, 5.74) is 3.70. The van der Waals surface area contributed by atoms with Crippen LogP contribution in [0.25, 0.3) is 12.2 Å². The summed E-state index contributed by atoms with van der Waals surface area (Å²) in [5.74, 6) is 2.20. The Hall–Kier alpha value is -3.69. The van der Waals surface area contributed by atoms with E-state index in [4.69, 9.17) is 28.4 Å². The molecule has 0 aliphatic rings. The van der Waals surface area contributed by atoms with Crippen LogP contribution >= 0.6 is 0 Å². The van der Waals surface area contributed by atoms with E-state index in [1.165, 1.54) is 54.8 Å². The van der Waals surface area contributed by atoms with Crippen molar-refractivity contribution >= 4 is 23.7 Å². The number of aromatic hydroxyl groups is 2. The number of aryl methyl sites for hydroxylation is 2. The molecular formula is C38H38O10Y2-2. The van der Waals surface area contributed by atoms with Gasteiger partial charge in [0.2, 0.25) is 11.5 Å². The average molecular weight is 833 g/mol. The molecule has 0 aliphatic carbocycles. The Morgan fingerprint density at radius 2 is 1.02 bits per heavy atom. The third-order valence-electron chi connectivity index (χ3n) is 7.04. The van der Waals surface area contributed by atoms with E-state index in [0.717, 1.165) is 11.1 Å². The van der Waals surface area contributed by atoms with Gasteiger partial charge in [0.1, 0.15) is 0 Å². The zero-order valence-corrected chi connectivity index (χ0v) is 34.9. The molecule has 4 rings (SSSR count). The minimum atomic E-state index is -0.237. The summed E-state index contributed by atoms with van der Waals surface area (Å²) in [6.45, 7) is 3.53. The summed E-state index contributed by atoms with van der Waals surface area (Å²) in [7, 11) is 8.97. The Morgan fingerprint density at radius 1 is 0.580 bits per heavy atom. The summed E-state index contributed by atoms with van der Waals surface area (Å²) < 4.78 is 31.5. The number of ketones is 2. The number of hydrogen-bond acceptors (Lipinski definition) is 10. The van der Waals surface area contributed by atoms with Gasteiger partial charge < -0.3 is 38.6 Å². The number of ether oxygens (including phenoxy) is 6. The van der Waals surface area contributed by atoms with Crippen LogP contribution in [0.15, 0.2) is 60.7 Å². The number of phenols is 2. The van der Waals surface area contributed by atoms with Crippen LogP contribution in [0.4, 0.5) is 0 Å². The zero-order chi connectivity index (χ0) is 35.4. The first kappa shape index (κ1) is 44.3. The summed E-state index contributed by atoms with van der Waals surface area (Å²) in [5, 5.41) is 19.0. The molecule has 4 aromatic carbocycles. The first-order valence-corrected chi connectivity index (χ1v) is 14.5. The van der Waals surface area contributed by atoms with Crippen molar-refractivity contribution in [2.45, 2.75) is 13.8 Å². The van der Waals surface area contributed by atoms with Crippen LogP contribution in [0.2, 0.25) is 0 Å². The van der Waals surface area contributed by atoms with Crippen molar-refractivity contribution in [2.75, 3.05) is 42.7 Å². The van der Waals surface area contributed by atoms with Gasteiger partial charge in [-0.25, -0.2) is 0 Å². The van der Waals surface area contributed by atoms with E-state index < -0.39 is 0 Å². The molecule has 0 saturated carbocycles. The predicted octanol–water partition coefficient (Wildman–Crippen LogP) is 6.84. The zero-order valence-electron chi connectivity index (χ0n) is 29.2. The average Bonchev–Trinajstić information content (AvgIpc) is 3.10. The maximum atomic E-state index is 12.5. The normalized spacial score (nSPS) is 10.2. The fourth-order valence-electron chi connectivity index (χ4n) is 4.49. The molecule has 258 valence electrons. The molecule has 10 nitrogen and oxygen atoms in total. The van der Waals surface area contributed by atoms with Crippen LogP contribution < -0.4 is 28.4 Å². The van der Waals surface area contributed by atoms with Crippen molar-refractivity contribution in [3.05, 3.63) is 106 Å². The van der Waals surface area contributed by atoms with Gasteiger partial charge in [0, 0.05) is 82.5 Å². The fourth-order valence-corrected chi connectivity index (χ4v) is 4.49. The molecule has 0 fully saturated rings. The van der Waals surface area contributed by atoms with Crippen LogP contribution in [0, 0.1) is 26.0 Å². The van der Waals surface area contributed by atoms with Gasteiger partial charge in [-0.15, -0.1) is 46.5 Å². The smallest absolute Gasteiger partial charge is 0.204 e. The van der Waals surface area contributed by atoms with Crippen LogP contribution in [-0.2, 0) is 65.4 Å². The van der Waals surface area contributed by atoms with Crippen LogP contribution in [-0.4, -0.2) is 64.4 Å². The number of phenolic OH excluding ortho intramolecular Hbond substituents is 2. The molecule has 12 heteroatoms. The number of benzene rings is 4. The number of allylic oxidation sites excluding steroid dienone is 2. The number of carbonyl (C=O) groups is 2. The van der Waals surface area contributed by atoms with Crippen LogP contribution in [0.5, 0.6) is 46.0 Å². The molecule has 0 spiro atoms. The Kier molecular flexibility index (Phi) is 19.1. The summed E-state index contributed by atoms with van der Waals surface area (Å²) >= 11 is 0. The van der Waals surface area contributed by atoms with Gasteiger partial charge in [0.05, 0.1) is 48.2 Å². The van der Waals surface area contributed by atoms with E-state index in [9.17, 15) is 19.8 Å². The largest absolute Gasteiger partial charge is 0.534 e. The molecule has 0 amide bonds. The molecule has 0 bridgehead atoms. The Labute approximate surface area is 343 Å². The maximum Gasteiger partial charge on any atom is 0.204 e. The van der Waals surface area contributed by atoms with Crippen LogP contribution in [0.3, 0.4) is 0 Å². The van der Waals surface area contributed by atoms with Gasteiger partial charge in [-0.1, -0.05) is 13.8 Å². The second kappa shape index (κ2) is 21.5. The number of hydrogen-bond donors (Lipinski definition) is 2. The molecule has 50 heavy (non-hydrogen) atoms. The third kappa shape index (κ3) is 11.4. The summed E-state index contributed by atoms with van der Waals surface area (Å²) in [4.78, 5) is 24.9. The van der Waals surface area contributed by atoms with E-state index in [0.29, 0.717) is 56.8 Å². The van der Waals surface area contributed by atoms with Gasteiger partial charge in [0.25, 0.3) is 0 Å². The first-order chi connectivity index (χ1) is 23.0. The Bertz CT molecular complexity index is 1810. The summed E-state index contributed by atoms with van der Waals surface area (Å²) in [6.07, 6.45) is 6.19. The second-order valence-electron chi connectivity index (χ2n) is 10.1. The Balaban J connectivity index is 0.000000481. The topological polar surface area (TPSA) is 130 Å². The van der Waals surface area contributed by atoms with Gasteiger partial charge in [-0.2, -0.15) is 24.3 Å². The van der Waals surface area contributed by atoms with Crippen molar-refractivity contribution in [1.82, 2.24) is 0 Å². The Morgan fingerprint density at radius 3 is 1.42 bits per heavy atom. The maximum absolute atomic E-state index is 12.5. The van der Waals surface area contributed by atoms with E-state index in [-0.39, 0.29) is 88.5 Å². The minimum Gasteiger partial charge on any atom is -0.534 e. The molecule has 0 atom stereocenters. The van der Waals surface area contributed by atoms with Crippen molar-refractivity contribution in [3.8, 4) is 46.0 Å². The monoisotopic (exact) mass is 832 g/mol. The SMILES string of the molecule is COc1cc(C(=O)/C=C/c2c[c-]c(O)c(C)c2)cc(OC)c1OC.COc1ccc(C(=O)/C=C/c2c[c-]c(O)c(C)c2)c(OC)c1OC.[Y].[Y]. The first-order valence-electron chi connectivity index (χ1n) is 14.5. The van der Waals surface area contributed by atoms with Gasteiger partial charge >= 0.3 is 0 Å². The third-order valence-corrected chi connectivity index (χ3v) is 7.04. The molecule has 4 aromatic rings. The van der Waals surface area contributed by atoms with E-state index in [1.54, 1.807) is 74.5 Å². The van der Waals surface area contributed by atoms with Gasteiger partial charge in [-0.3, -0.25) is 9.59 Å². The number of rotatable bonds is 12. The van der Waals surface area contributed by atoms with E-state index >= 15 is 0 Å². The molecule has 0 aliphatic heterocycles. The molecule has 0 saturated heterocycles. The van der Waals surface area contributed by atoms with Crippen molar-refractivity contribution in [2.24, 2.45) is 0 Å². The van der Waals surface area contributed by atoms with Crippen molar-refractivity contribution in [3.63, 3.8) is 0 Å². The van der Waals surface area contributed by atoms with Gasteiger partial charge in [-0.05, 0) is 36.4 Å². The molecular weight excluding hydrogens is 794 g/mol. The summed E-state index contributed by atoms with van der Waals surface area (Å²) in [6, 6.07) is 18.7. The molecule has 0 unspecified atom stereocenters. The van der Waals surface area contributed by atoms with Crippen molar-refractivity contribution in [1.29, 1.82) is 0 Å². The number of carbonyl (C=O) groups excluding carboxylic acids is 2. The molecule has 2 radical (unpaired) electrons. The predicted molar refractivity (Wildman–Crippen MR) is 182 cm³/mol. The molecule has 0 aromatic heterocycles.